The van der Waals surface area contributed by atoms with Crippen molar-refractivity contribution in [3.8, 4) is 5.75 Å². The number of anilines is 1. The lowest BCUT2D eigenvalue weighted by atomic mass is 10.2. The van der Waals surface area contributed by atoms with Crippen molar-refractivity contribution in [2.45, 2.75) is 6.92 Å². The highest BCUT2D eigenvalue weighted by Gasteiger charge is 2.06. The van der Waals surface area contributed by atoms with Gasteiger partial charge < -0.3 is 10.1 Å². The number of rotatable bonds is 7. The van der Waals surface area contributed by atoms with Crippen LogP contribution in [-0.2, 0) is 4.79 Å². The van der Waals surface area contributed by atoms with Gasteiger partial charge in [-0.05, 0) is 36.8 Å². The fraction of sp³-hybridized carbons (Fsp3) is 0.235. The summed E-state index contributed by atoms with van der Waals surface area (Å²) in [5.41, 5.74) is 1.36. The van der Waals surface area contributed by atoms with E-state index in [0.29, 0.717) is 12.4 Å². The lowest BCUT2D eigenvalue weighted by molar-refractivity contribution is -0.113. The van der Waals surface area contributed by atoms with Crippen LogP contribution in [0.2, 0.25) is 0 Å². The van der Waals surface area contributed by atoms with Crippen molar-refractivity contribution < 1.29 is 13.9 Å². The predicted molar refractivity (Wildman–Crippen MR) is 89.0 cm³/mol. The van der Waals surface area contributed by atoms with Crippen LogP contribution in [0.15, 0.2) is 48.5 Å². The minimum Gasteiger partial charge on any atom is -0.493 e. The van der Waals surface area contributed by atoms with Gasteiger partial charge in [-0.2, -0.15) is 0 Å². The van der Waals surface area contributed by atoms with Crippen LogP contribution in [0.1, 0.15) is 5.56 Å². The Hall–Kier alpha value is -2.01. The van der Waals surface area contributed by atoms with Crippen molar-refractivity contribution in [2.24, 2.45) is 0 Å². The largest absolute Gasteiger partial charge is 0.493 e. The number of ether oxygens (including phenoxy) is 1. The monoisotopic (exact) mass is 319 g/mol. The van der Waals surface area contributed by atoms with Crippen LogP contribution in [0.5, 0.6) is 5.75 Å². The number of carbonyl (C=O) groups is 1. The van der Waals surface area contributed by atoms with E-state index in [1.165, 1.54) is 17.8 Å². The first-order valence-corrected chi connectivity index (χ1v) is 8.12. The third-order valence-corrected chi connectivity index (χ3v) is 3.79. The van der Waals surface area contributed by atoms with Crippen molar-refractivity contribution in [3.63, 3.8) is 0 Å². The Kier molecular flexibility index (Phi) is 6.27. The number of para-hydroxylation sites is 1. The van der Waals surface area contributed by atoms with Crippen molar-refractivity contribution in [3.05, 3.63) is 59.9 Å². The summed E-state index contributed by atoms with van der Waals surface area (Å²) in [5, 5.41) is 2.55. The van der Waals surface area contributed by atoms with E-state index in [1.807, 2.05) is 31.2 Å². The van der Waals surface area contributed by atoms with Gasteiger partial charge in [-0.1, -0.05) is 24.3 Å². The second-order valence-corrected chi connectivity index (χ2v) is 5.85. The van der Waals surface area contributed by atoms with E-state index in [4.69, 9.17) is 4.74 Å². The zero-order valence-electron chi connectivity index (χ0n) is 12.3. The van der Waals surface area contributed by atoms with E-state index in [1.54, 1.807) is 18.2 Å². The van der Waals surface area contributed by atoms with Crippen molar-refractivity contribution in [2.75, 3.05) is 23.4 Å². The van der Waals surface area contributed by atoms with Crippen molar-refractivity contribution in [1.29, 1.82) is 0 Å². The molecule has 0 aliphatic heterocycles. The summed E-state index contributed by atoms with van der Waals surface area (Å²) in [6, 6.07) is 14.0. The molecule has 0 bridgehead atoms. The van der Waals surface area contributed by atoms with E-state index in [-0.39, 0.29) is 17.3 Å². The summed E-state index contributed by atoms with van der Waals surface area (Å²) in [5.74, 6) is 1.15. The second-order valence-electron chi connectivity index (χ2n) is 4.75. The van der Waals surface area contributed by atoms with E-state index >= 15 is 0 Å². The molecule has 2 aromatic rings. The molecule has 0 saturated heterocycles. The normalized spacial score (nSPS) is 10.3. The molecular formula is C17H18FNO2S. The molecule has 3 nitrogen and oxygen atoms in total. The van der Waals surface area contributed by atoms with E-state index in [2.05, 4.69) is 5.32 Å². The molecule has 0 aliphatic rings. The first-order chi connectivity index (χ1) is 10.6. The van der Waals surface area contributed by atoms with Crippen LogP contribution < -0.4 is 10.1 Å². The molecule has 0 aromatic heterocycles. The van der Waals surface area contributed by atoms with Gasteiger partial charge in [0.15, 0.2) is 0 Å². The molecule has 0 unspecified atom stereocenters. The predicted octanol–water partition coefficient (Wildman–Crippen LogP) is 3.88. The maximum Gasteiger partial charge on any atom is 0.234 e. The van der Waals surface area contributed by atoms with E-state index in [0.717, 1.165) is 11.3 Å². The summed E-state index contributed by atoms with van der Waals surface area (Å²) >= 11 is 1.45. The Bertz CT molecular complexity index is 634. The van der Waals surface area contributed by atoms with Crippen LogP contribution in [0.25, 0.3) is 0 Å². The summed E-state index contributed by atoms with van der Waals surface area (Å²) in [7, 11) is 0. The molecule has 0 radical (unpaired) electrons. The molecule has 0 spiro atoms. The number of carbonyl (C=O) groups excluding carboxylic acids is 1. The topological polar surface area (TPSA) is 38.3 Å². The minimum absolute atomic E-state index is 0.212. The van der Waals surface area contributed by atoms with Gasteiger partial charge in [-0.3, -0.25) is 4.79 Å². The number of aryl methyl sites for hydroxylation is 1. The highest BCUT2D eigenvalue weighted by atomic mass is 32.2. The highest BCUT2D eigenvalue weighted by Crippen LogP contribution is 2.14. The standard InChI is InChI=1S/C17H18FNO2S/c1-13-5-4-6-14(11-13)21-9-10-22-12-17(20)19-16-8-3-2-7-15(16)18/h2-8,11H,9-10,12H2,1H3,(H,19,20). The fourth-order valence-electron chi connectivity index (χ4n) is 1.84. The third kappa shape index (κ3) is 5.41. The van der Waals surface area contributed by atoms with Gasteiger partial charge in [0.2, 0.25) is 5.91 Å². The summed E-state index contributed by atoms with van der Waals surface area (Å²) < 4.78 is 19.0. The fourth-order valence-corrected chi connectivity index (χ4v) is 2.44. The van der Waals surface area contributed by atoms with Crippen molar-refractivity contribution >= 4 is 23.4 Å². The SMILES string of the molecule is Cc1cccc(OCCSCC(=O)Nc2ccccc2F)c1. The Labute approximate surface area is 133 Å². The number of thioether (sulfide) groups is 1. The average Bonchev–Trinajstić information content (AvgIpc) is 2.49. The molecule has 1 amide bonds. The van der Waals surface area contributed by atoms with Crippen LogP contribution in [0, 0.1) is 12.7 Å². The summed E-state index contributed by atoms with van der Waals surface area (Å²) in [6.45, 7) is 2.54. The number of amides is 1. The minimum atomic E-state index is -0.427. The lowest BCUT2D eigenvalue weighted by Crippen LogP contribution is -2.16. The Balaban J connectivity index is 1.64. The van der Waals surface area contributed by atoms with Gasteiger partial charge >= 0.3 is 0 Å². The van der Waals surface area contributed by atoms with Crippen LogP contribution in [0.4, 0.5) is 10.1 Å². The molecule has 1 N–H and O–H groups in total. The molecule has 116 valence electrons. The third-order valence-electron chi connectivity index (χ3n) is 2.87. The van der Waals surface area contributed by atoms with Gasteiger partial charge in [-0.15, -0.1) is 11.8 Å². The second kappa shape index (κ2) is 8.44. The van der Waals surface area contributed by atoms with Crippen LogP contribution in [-0.4, -0.2) is 24.0 Å². The van der Waals surface area contributed by atoms with Crippen LogP contribution >= 0.6 is 11.8 Å². The van der Waals surface area contributed by atoms with Gasteiger partial charge in [-0.25, -0.2) is 4.39 Å². The Morgan fingerprint density at radius 2 is 2.05 bits per heavy atom. The van der Waals surface area contributed by atoms with Gasteiger partial charge in [0.05, 0.1) is 18.0 Å². The van der Waals surface area contributed by atoms with Crippen molar-refractivity contribution in [1.82, 2.24) is 0 Å². The number of hydrogen-bond donors (Lipinski definition) is 1. The highest BCUT2D eigenvalue weighted by molar-refractivity contribution is 7.99. The van der Waals surface area contributed by atoms with Gasteiger partial charge in [0.1, 0.15) is 11.6 Å². The van der Waals surface area contributed by atoms with Gasteiger partial charge in [0, 0.05) is 5.75 Å². The Morgan fingerprint density at radius 3 is 2.82 bits per heavy atom. The first-order valence-electron chi connectivity index (χ1n) is 6.97. The summed E-state index contributed by atoms with van der Waals surface area (Å²) in [4.78, 5) is 11.7. The lowest BCUT2D eigenvalue weighted by Gasteiger charge is -2.07. The maximum atomic E-state index is 13.4. The maximum absolute atomic E-state index is 13.4. The summed E-state index contributed by atoms with van der Waals surface area (Å²) in [6.07, 6.45) is 0. The molecule has 5 heteroatoms. The average molecular weight is 319 g/mol. The van der Waals surface area contributed by atoms with Gasteiger partial charge in [0.25, 0.3) is 0 Å². The molecule has 0 fully saturated rings. The molecule has 0 atom stereocenters. The van der Waals surface area contributed by atoms with Crippen LogP contribution in [0.3, 0.4) is 0 Å². The Morgan fingerprint density at radius 1 is 1.23 bits per heavy atom. The molecule has 0 saturated carbocycles. The van der Waals surface area contributed by atoms with E-state index in [9.17, 15) is 9.18 Å². The smallest absolute Gasteiger partial charge is 0.234 e. The molecule has 22 heavy (non-hydrogen) atoms. The molecule has 0 aliphatic carbocycles. The zero-order valence-corrected chi connectivity index (χ0v) is 13.2. The molecular weight excluding hydrogens is 301 g/mol. The number of halogens is 1. The molecule has 2 aromatic carbocycles. The zero-order chi connectivity index (χ0) is 15.8. The first kappa shape index (κ1) is 16.4. The molecule has 2 rings (SSSR count). The number of benzene rings is 2. The molecule has 0 heterocycles. The van der Waals surface area contributed by atoms with E-state index < -0.39 is 5.82 Å². The quantitative estimate of drug-likeness (QED) is 0.787. The number of nitrogens with one attached hydrogen (secondary N) is 1. The number of hydrogen-bond acceptors (Lipinski definition) is 3.